The first kappa shape index (κ1) is 18.1. The fourth-order valence-electron chi connectivity index (χ4n) is 2.73. The minimum atomic E-state index is -0.246. The molecule has 9 heteroatoms. The molecule has 0 aliphatic carbocycles. The van der Waals surface area contributed by atoms with E-state index in [-0.39, 0.29) is 12.5 Å². The van der Waals surface area contributed by atoms with E-state index >= 15 is 0 Å². The molecule has 28 heavy (non-hydrogen) atoms. The lowest BCUT2D eigenvalue weighted by atomic mass is 10.1. The molecule has 0 bridgehead atoms. The summed E-state index contributed by atoms with van der Waals surface area (Å²) in [6, 6.07) is 13.5. The zero-order valence-corrected chi connectivity index (χ0v) is 16.2. The van der Waals surface area contributed by atoms with Gasteiger partial charge in [0.1, 0.15) is 12.3 Å². The molecule has 0 saturated carbocycles. The van der Waals surface area contributed by atoms with Crippen molar-refractivity contribution in [2.45, 2.75) is 20.4 Å². The average molecular weight is 394 g/mol. The molecule has 0 aliphatic rings. The van der Waals surface area contributed by atoms with Crippen molar-refractivity contribution in [3.05, 3.63) is 48.0 Å². The lowest BCUT2D eigenvalue weighted by Gasteiger charge is -2.05. The predicted octanol–water partition coefficient (Wildman–Crippen LogP) is 3.30. The van der Waals surface area contributed by atoms with Crippen molar-refractivity contribution in [1.29, 1.82) is 0 Å². The number of fused-ring (bicyclic) bond motifs is 1. The van der Waals surface area contributed by atoms with Crippen molar-refractivity contribution in [2.24, 2.45) is 0 Å². The largest absolute Gasteiger partial charge is 0.494 e. The van der Waals surface area contributed by atoms with E-state index in [9.17, 15) is 4.79 Å². The second-order valence-corrected chi connectivity index (χ2v) is 7.19. The third-order valence-corrected chi connectivity index (χ3v) is 4.99. The van der Waals surface area contributed by atoms with Crippen molar-refractivity contribution in [3.63, 3.8) is 0 Å². The smallest absolute Gasteiger partial charge is 0.248 e. The van der Waals surface area contributed by atoms with Crippen LogP contribution >= 0.6 is 11.3 Å². The summed E-state index contributed by atoms with van der Waals surface area (Å²) < 4.78 is 7.92. The molecule has 0 atom stereocenters. The van der Waals surface area contributed by atoms with Crippen molar-refractivity contribution in [3.8, 4) is 17.1 Å². The highest BCUT2D eigenvalue weighted by atomic mass is 32.1. The quantitative estimate of drug-likeness (QED) is 0.539. The van der Waals surface area contributed by atoms with Crippen LogP contribution in [0.1, 0.15) is 12.5 Å². The summed E-state index contributed by atoms with van der Waals surface area (Å²) in [5, 5.41) is 15.0. The molecule has 142 valence electrons. The van der Waals surface area contributed by atoms with Crippen LogP contribution in [-0.4, -0.2) is 37.7 Å². The molecule has 0 saturated heterocycles. The van der Waals surface area contributed by atoms with Gasteiger partial charge in [-0.3, -0.25) is 4.79 Å². The fraction of sp³-hybridized carbons (Fsp3) is 0.211. The van der Waals surface area contributed by atoms with E-state index in [1.807, 2.05) is 56.3 Å². The Balaban J connectivity index is 1.49. The van der Waals surface area contributed by atoms with Crippen LogP contribution in [0.3, 0.4) is 0 Å². The van der Waals surface area contributed by atoms with Gasteiger partial charge in [-0.25, -0.2) is 9.67 Å². The van der Waals surface area contributed by atoms with Gasteiger partial charge in [-0.2, -0.15) is 0 Å². The molecule has 0 aliphatic heterocycles. The summed E-state index contributed by atoms with van der Waals surface area (Å²) in [6.45, 7) is 4.54. The normalized spacial score (nSPS) is 10.9. The third-order valence-electron chi connectivity index (χ3n) is 4.05. The molecule has 0 spiro atoms. The lowest BCUT2D eigenvalue weighted by molar-refractivity contribution is -0.116. The Morgan fingerprint density at radius 1 is 1.21 bits per heavy atom. The maximum atomic E-state index is 12.5. The first-order chi connectivity index (χ1) is 13.6. The molecule has 2 heterocycles. The number of nitrogens with one attached hydrogen (secondary N) is 1. The standard InChI is InChI=1S/C19H18N6O2S/c1-3-27-14-8-9-15-16(10-14)28-19(20-15)21-17(26)11-25-18(22-23-24-25)13-6-4-12(2)5-7-13/h4-10H,3,11H2,1-2H3,(H,20,21,26). The zero-order valence-electron chi connectivity index (χ0n) is 15.4. The molecule has 2 aromatic heterocycles. The Morgan fingerprint density at radius 3 is 2.82 bits per heavy atom. The molecular weight excluding hydrogens is 376 g/mol. The van der Waals surface area contributed by atoms with Gasteiger partial charge in [0.05, 0.1) is 16.8 Å². The van der Waals surface area contributed by atoms with Gasteiger partial charge < -0.3 is 10.1 Å². The Kier molecular flexibility index (Phi) is 4.98. The number of carbonyl (C=O) groups excluding carboxylic acids is 1. The summed E-state index contributed by atoms with van der Waals surface area (Å²) in [7, 11) is 0. The van der Waals surface area contributed by atoms with E-state index in [1.165, 1.54) is 16.0 Å². The van der Waals surface area contributed by atoms with Crippen molar-refractivity contribution >= 4 is 32.6 Å². The Hall–Kier alpha value is -3.33. The van der Waals surface area contributed by atoms with Crippen LogP contribution in [0.15, 0.2) is 42.5 Å². The second kappa shape index (κ2) is 7.73. The van der Waals surface area contributed by atoms with Gasteiger partial charge >= 0.3 is 0 Å². The Morgan fingerprint density at radius 2 is 2.04 bits per heavy atom. The predicted molar refractivity (Wildman–Crippen MR) is 107 cm³/mol. The summed E-state index contributed by atoms with van der Waals surface area (Å²) in [4.78, 5) is 16.9. The van der Waals surface area contributed by atoms with Crippen LogP contribution in [0.4, 0.5) is 5.13 Å². The number of tetrazole rings is 1. The van der Waals surface area contributed by atoms with Gasteiger partial charge in [-0.15, -0.1) is 5.10 Å². The summed E-state index contributed by atoms with van der Waals surface area (Å²) in [6.07, 6.45) is 0. The van der Waals surface area contributed by atoms with E-state index in [0.717, 1.165) is 27.1 Å². The van der Waals surface area contributed by atoms with Gasteiger partial charge in [0, 0.05) is 5.56 Å². The van der Waals surface area contributed by atoms with E-state index in [1.54, 1.807) is 0 Å². The molecule has 4 rings (SSSR count). The molecule has 8 nitrogen and oxygen atoms in total. The maximum absolute atomic E-state index is 12.5. The van der Waals surface area contributed by atoms with Crippen molar-refractivity contribution in [1.82, 2.24) is 25.2 Å². The number of aryl methyl sites for hydroxylation is 1. The minimum Gasteiger partial charge on any atom is -0.494 e. The molecule has 1 amide bonds. The van der Waals surface area contributed by atoms with E-state index in [0.29, 0.717) is 17.6 Å². The van der Waals surface area contributed by atoms with Gasteiger partial charge in [0.25, 0.3) is 0 Å². The summed E-state index contributed by atoms with van der Waals surface area (Å²) in [5.41, 5.74) is 2.81. The van der Waals surface area contributed by atoms with Gasteiger partial charge in [0.2, 0.25) is 5.91 Å². The molecule has 0 unspecified atom stereocenters. The number of amides is 1. The molecule has 4 aromatic rings. The van der Waals surface area contributed by atoms with Crippen LogP contribution in [0, 0.1) is 6.92 Å². The maximum Gasteiger partial charge on any atom is 0.248 e. The molecular formula is C19H18N6O2S. The number of nitrogens with zero attached hydrogens (tertiary/aromatic N) is 5. The SMILES string of the molecule is CCOc1ccc2nc(NC(=O)Cn3nnnc3-c3ccc(C)cc3)sc2c1. The van der Waals surface area contributed by atoms with Crippen molar-refractivity contribution < 1.29 is 9.53 Å². The molecule has 0 fully saturated rings. The number of hydrogen-bond donors (Lipinski definition) is 1. The number of ether oxygens (including phenoxy) is 1. The lowest BCUT2D eigenvalue weighted by Crippen LogP contribution is -2.20. The minimum absolute atomic E-state index is 0.00364. The molecule has 0 radical (unpaired) electrons. The number of aromatic nitrogens is 5. The van der Waals surface area contributed by atoms with Gasteiger partial charge in [-0.05, 0) is 42.5 Å². The van der Waals surface area contributed by atoms with Crippen LogP contribution in [0.2, 0.25) is 0 Å². The monoisotopic (exact) mass is 394 g/mol. The number of carbonyl (C=O) groups is 1. The fourth-order valence-corrected chi connectivity index (χ4v) is 3.64. The van der Waals surface area contributed by atoms with Crippen LogP contribution in [0.5, 0.6) is 5.75 Å². The number of benzene rings is 2. The second-order valence-electron chi connectivity index (χ2n) is 6.16. The average Bonchev–Trinajstić information content (AvgIpc) is 3.28. The number of hydrogen-bond acceptors (Lipinski definition) is 7. The number of rotatable bonds is 6. The molecule has 1 N–H and O–H groups in total. The number of anilines is 1. The first-order valence-electron chi connectivity index (χ1n) is 8.79. The van der Waals surface area contributed by atoms with Crippen LogP contribution in [-0.2, 0) is 11.3 Å². The van der Waals surface area contributed by atoms with Gasteiger partial charge in [-0.1, -0.05) is 41.2 Å². The van der Waals surface area contributed by atoms with Crippen molar-refractivity contribution in [2.75, 3.05) is 11.9 Å². The van der Waals surface area contributed by atoms with E-state index < -0.39 is 0 Å². The summed E-state index contributed by atoms with van der Waals surface area (Å²) >= 11 is 1.40. The highest BCUT2D eigenvalue weighted by Gasteiger charge is 2.14. The van der Waals surface area contributed by atoms with Crippen LogP contribution < -0.4 is 10.1 Å². The highest BCUT2D eigenvalue weighted by molar-refractivity contribution is 7.22. The topological polar surface area (TPSA) is 94.8 Å². The van der Waals surface area contributed by atoms with Crippen LogP contribution in [0.25, 0.3) is 21.6 Å². The summed E-state index contributed by atoms with van der Waals surface area (Å²) in [5.74, 6) is 1.08. The zero-order chi connectivity index (χ0) is 19.5. The highest BCUT2D eigenvalue weighted by Crippen LogP contribution is 2.29. The third kappa shape index (κ3) is 3.84. The first-order valence-corrected chi connectivity index (χ1v) is 9.60. The molecule has 2 aromatic carbocycles. The Labute approximate surface area is 165 Å². The Bertz CT molecular complexity index is 1120. The number of thiazole rings is 1. The van der Waals surface area contributed by atoms with E-state index in [2.05, 4.69) is 25.8 Å². The van der Waals surface area contributed by atoms with Gasteiger partial charge in [0.15, 0.2) is 11.0 Å². The van der Waals surface area contributed by atoms with E-state index in [4.69, 9.17) is 4.74 Å².